The van der Waals surface area contributed by atoms with E-state index in [1.807, 2.05) is 31.2 Å². The number of hydrogen-bond acceptors (Lipinski definition) is 1. The zero-order valence-electron chi connectivity index (χ0n) is 14.9. The Bertz CT molecular complexity index is 653. The van der Waals surface area contributed by atoms with Gasteiger partial charge in [-0.15, -0.1) is 0 Å². The van der Waals surface area contributed by atoms with Gasteiger partial charge < -0.3 is 0 Å². The van der Waals surface area contributed by atoms with Crippen molar-refractivity contribution in [3.63, 3.8) is 0 Å². The number of alkyl halides is 2. The first kappa shape index (κ1) is 20.1. The van der Waals surface area contributed by atoms with Gasteiger partial charge in [0.2, 0.25) is 0 Å². The first-order valence-electron chi connectivity index (χ1n) is 8.10. The van der Waals surface area contributed by atoms with Gasteiger partial charge in [0.1, 0.15) is 0 Å². The Morgan fingerprint density at radius 1 is 1.04 bits per heavy atom. The number of Topliss-reactive ketones (excluding diaryl/α,β-unsaturated/α-hetero) is 1. The van der Waals surface area contributed by atoms with E-state index in [9.17, 15) is 13.6 Å². The maximum absolute atomic E-state index is 12.3. The summed E-state index contributed by atoms with van der Waals surface area (Å²) < 4.78 is 19.0. The highest BCUT2D eigenvalue weighted by Gasteiger charge is 2.21. The fourth-order valence-corrected chi connectivity index (χ4v) is 3.00. The van der Waals surface area contributed by atoms with E-state index in [-0.39, 0.29) is 5.78 Å². The summed E-state index contributed by atoms with van der Waals surface area (Å²) in [4.78, 5) is 12.3. The Morgan fingerprint density at radius 2 is 1.67 bits per heavy atom. The minimum Gasteiger partial charge on any atom is -0.294 e. The van der Waals surface area contributed by atoms with Gasteiger partial charge in [0.15, 0.2) is 12.5 Å². The van der Waals surface area contributed by atoms with E-state index in [1.165, 1.54) is 29.3 Å². The maximum Gasteiger partial charge on any atom is 0.173 e. The zero-order valence-corrected chi connectivity index (χ0v) is 14.9. The quantitative estimate of drug-likeness (QED) is 0.599. The van der Waals surface area contributed by atoms with Crippen molar-refractivity contribution in [2.75, 3.05) is 14.4 Å². The standard InChI is InChI=1S/C18H19BO.2CH3F/c1-13-3-6-16(7-4-13)18(20)12-14-5-8-15-9-10-19(2)17(15)11-14;2*1-2/h3-8,11H,9-10,12H2,1-2H3;2*1H3. The summed E-state index contributed by atoms with van der Waals surface area (Å²) in [7, 11) is 1.00. The SMILES string of the molecule is CB1CCc2ccc(CC(=O)c3ccc(C)cc3)cc21.CF.CF. The maximum atomic E-state index is 12.3. The van der Waals surface area contributed by atoms with Gasteiger partial charge >= 0.3 is 0 Å². The van der Waals surface area contributed by atoms with Crippen LogP contribution in [0.2, 0.25) is 13.1 Å². The smallest absolute Gasteiger partial charge is 0.173 e. The number of fused-ring (bicyclic) bond motifs is 1. The van der Waals surface area contributed by atoms with Crippen LogP contribution in [0.25, 0.3) is 0 Å². The number of aryl methyl sites for hydroxylation is 2. The molecule has 0 fully saturated rings. The molecular formula is C20H25BF2O. The fraction of sp³-hybridized carbons (Fsp3) is 0.350. The molecule has 2 aromatic rings. The van der Waals surface area contributed by atoms with E-state index >= 15 is 0 Å². The topological polar surface area (TPSA) is 17.1 Å². The van der Waals surface area contributed by atoms with Crippen molar-refractivity contribution in [2.45, 2.75) is 32.9 Å². The Morgan fingerprint density at radius 3 is 2.29 bits per heavy atom. The molecule has 0 saturated heterocycles. The third-order valence-corrected chi connectivity index (χ3v) is 4.33. The number of carbonyl (C=O) groups is 1. The van der Waals surface area contributed by atoms with Crippen LogP contribution in [0.15, 0.2) is 42.5 Å². The molecule has 1 heterocycles. The zero-order chi connectivity index (χ0) is 18.1. The molecule has 0 N–H and O–H groups in total. The van der Waals surface area contributed by atoms with Crippen molar-refractivity contribution in [1.29, 1.82) is 0 Å². The number of hydrogen-bond donors (Lipinski definition) is 0. The lowest BCUT2D eigenvalue weighted by molar-refractivity contribution is 0.0993. The molecule has 1 aliphatic heterocycles. The molecule has 4 heteroatoms. The third kappa shape index (κ3) is 5.02. The van der Waals surface area contributed by atoms with Gasteiger partial charge in [0, 0.05) is 12.0 Å². The molecule has 2 aromatic carbocycles. The average molecular weight is 330 g/mol. The van der Waals surface area contributed by atoms with Crippen molar-refractivity contribution in [2.24, 2.45) is 0 Å². The molecule has 1 aliphatic rings. The highest BCUT2D eigenvalue weighted by Crippen LogP contribution is 2.17. The highest BCUT2D eigenvalue weighted by molar-refractivity contribution is 6.73. The third-order valence-electron chi connectivity index (χ3n) is 4.33. The molecule has 0 radical (unpaired) electrons. The lowest BCUT2D eigenvalue weighted by Gasteiger charge is -2.07. The predicted octanol–water partition coefficient (Wildman–Crippen LogP) is 4.48. The van der Waals surface area contributed by atoms with Crippen molar-refractivity contribution >= 4 is 18.0 Å². The summed E-state index contributed by atoms with van der Waals surface area (Å²) in [6.45, 7) is 4.95. The van der Waals surface area contributed by atoms with Crippen molar-refractivity contribution in [1.82, 2.24) is 0 Å². The van der Waals surface area contributed by atoms with Crippen LogP contribution < -0.4 is 5.46 Å². The second kappa shape index (κ2) is 10.0. The van der Waals surface area contributed by atoms with Crippen LogP contribution in [0.3, 0.4) is 0 Å². The van der Waals surface area contributed by atoms with Crippen LogP contribution in [0.4, 0.5) is 8.78 Å². The largest absolute Gasteiger partial charge is 0.294 e. The minimum absolute atomic E-state index is 0.204. The summed E-state index contributed by atoms with van der Waals surface area (Å²) in [5, 5.41) is 0. The van der Waals surface area contributed by atoms with Crippen molar-refractivity contribution in [3.05, 3.63) is 64.7 Å². The van der Waals surface area contributed by atoms with E-state index < -0.39 is 0 Å². The lowest BCUT2D eigenvalue weighted by Crippen LogP contribution is -2.23. The lowest BCUT2D eigenvalue weighted by atomic mass is 9.48. The number of carbonyl (C=O) groups excluding carboxylic acids is 1. The Hall–Kier alpha value is -1.97. The predicted molar refractivity (Wildman–Crippen MR) is 99.5 cm³/mol. The van der Waals surface area contributed by atoms with Crippen LogP contribution in [-0.4, -0.2) is 26.9 Å². The minimum atomic E-state index is 0.204. The van der Waals surface area contributed by atoms with Crippen LogP contribution in [0.1, 0.15) is 27.0 Å². The van der Waals surface area contributed by atoms with E-state index in [0.717, 1.165) is 11.1 Å². The van der Waals surface area contributed by atoms with E-state index in [0.29, 0.717) is 27.5 Å². The summed E-state index contributed by atoms with van der Waals surface area (Å²) in [5.41, 5.74) is 6.04. The molecular weight excluding hydrogens is 305 g/mol. The van der Waals surface area contributed by atoms with Gasteiger partial charge in [-0.3, -0.25) is 13.6 Å². The molecule has 0 saturated carbocycles. The molecule has 0 aromatic heterocycles. The number of ketones is 1. The Balaban J connectivity index is 0.000000671. The van der Waals surface area contributed by atoms with Crippen molar-refractivity contribution < 1.29 is 13.6 Å². The Labute approximate surface area is 144 Å². The van der Waals surface area contributed by atoms with Gasteiger partial charge in [0.25, 0.3) is 0 Å². The molecule has 1 nitrogen and oxygen atoms in total. The number of rotatable bonds is 3. The average Bonchev–Trinajstić information content (AvgIpc) is 3.00. The van der Waals surface area contributed by atoms with Crippen LogP contribution in [0.5, 0.6) is 0 Å². The summed E-state index contributed by atoms with van der Waals surface area (Å²) >= 11 is 0. The van der Waals surface area contributed by atoms with Gasteiger partial charge in [-0.1, -0.05) is 72.2 Å². The molecule has 0 spiro atoms. The summed E-state index contributed by atoms with van der Waals surface area (Å²) in [6, 6.07) is 14.4. The van der Waals surface area contributed by atoms with Crippen molar-refractivity contribution in [3.8, 4) is 0 Å². The van der Waals surface area contributed by atoms with E-state index in [4.69, 9.17) is 0 Å². The summed E-state index contributed by atoms with van der Waals surface area (Å²) in [6.07, 6.45) is 2.93. The molecule has 0 bridgehead atoms. The normalized spacial score (nSPS) is 11.7. The molecule has 0 aliphatic carbocycles. The van der Waals surface area contributed by atoms with E-state index in [2.05, 4.69) is 25.0 Å². The molecule has 0 atom stereocenters. The molecule has 24 heavy (non-hydrogen) atoms. The Kier molecular flexibility index (Phi) is 8.38. The fourth-order valence-electron chi connectivity index (χ4n) is 3.00. The van der Waals surface area contributed by atoms with Crippen LogP contribution >= 0.6 is 0 Å². The second-order valence-corrected chi connectivity index (χ2v) is 5.94. The number of halogens is 2. The van der Waals surface area contributed by atoms with E-state index in [1.54, 1.807) is 0 Å². The molecule has 0 unspecified atom stereocenters. The van der Waals surface area contributed by atoms with Gasteiger partial charge in [-0.2, -0.15) is 0 Å². The molecule has 0 amide bonds. The monoisotopic (exact) mass is 330 g/mol. The second-order valence-electron chi connectivity index (χ2n) is 5.94. The summed E-state index contributed by atoms with van der Waals surface area (Å²) in [5.74, 6) is 0.204. The number of benzene rings is 2. The van der Waals surface area contributed by atoms with Gasteiger partial charge in [-0.25, -0.2) is 0 Å². The van der Waals surface area contributed by atoms with Crippen LogP contribution in [0, 0.1) is 6.92 Å². The van der Waals surface area contributed by atoms with Crippen LogP contribution in [-0.2, 0) is 12.8 Å². The molecule has 128 valence electrons. The van der Waals surface area contributed by atoms with Gasteiger partial charge in [0.05, 0.1) is 14.4 Å². The first-order valence-corrected chi connectivity index (χ1v) is 8.10. The van der Waals surface area contributed by atoms with Gasteiger partial charge in [-0.05, 0) is 18.9 Å². The first-order chi connectivity index (χ1) is 11.6. The molecule has 3 rings (SSSR count). The highest BCUT2D eigenvalue weighted by atomic mass is 19.1.